The molecule has 1 N–H and O–H groups in total. The summed E-state index contributed by atoms with van der Waals surface area (Å²) in [6, 6.07) is 0.222. The Morgan fingerprint density at radius 3 is 2.74 bits per heavy atom. The minimum atomic E-state index is -0.360. The number of cyclic esters (lactones) is 1. The van der Waals surface area contributed by atoms with E-state index in [9.17, 15) is 9.59 Å². The summed E-state index contributed by atoms with van der Waals surface area (Å²) >= 11 is 0. The molecule has 154 valence electrons. The monoisotopic (exact) mass is 381 g/mol. The number of ether oxygens (including phenoxy) is 3. The maximum absolute atomic E-state index is 12.6. The zero-order valence-electron chi connectivity index (χ0n) is 17.0. The average molecular weight is 382 g/mol. The minimum absolute atomic E-state index is 0.0256. The number of hydrogen-bond donors (Lipinski definition) is 1. The molecule has 27 heavy (non-hydrogen) atoms. The Morgan fingerprint density at radius 1 is 1.11 bits per heavy atom. The Morgan fingerprint density at radius 2 is 1.93 bits per heavy atom. The summed E-state index contributed by atoms with van der Waals surface area (Å²) < 4.78 is 18.1. The van der Waals surface area contributed by atoms with Crippen LogP contribution in [0.25, 0.3) is 0 Å². The number of ketones is 1. The van der Waals surface area contributed by atoms with Crippen LogP contribution in [0.2, 0.25) is 0 Å². The maximum atomic E-state index is 12.6. The molecular formula is C21H35NO5. The third-order valence-corrected chi connectivity index (χ3v) is 6.48. The lowest BCUT2D eigenvalue weighted by Gasteiger charge is -2.39. The van der Waals surface area contributed by atoms with E-state index >= 15 is 0 Å². The van der Waals surface area contributed by atoms with Gasteiger partial charge >= 0.3 is 5.97 Å². The van der Waals surface area contributed by atoms with Crippen molar-refractivity contribution >= 4 is 11.8 Å². The second-order valence-corrected chi connectivity index (χ2v) is 8.87. The first-order valence-corrected chi connectivity index (χ1v) is 10.6. The molecule has 2 heterocycles. The van der Waals surface area contributed by atoms with Gasteiger partial charge in [-0.3, -0.25) is 9.59 Å². The molecule has 0 amide bonds. The van der Waals surface area contributed by atoms with E-state index in [0.717, 1.165) is 45.1 Å². The van der Waals surface area contributed by atoms with E-state index in [-0.39, 0.29) is 47.6 Å². The molecule has 0 bridgehead atoms. The van der Waals surface area contributed by atoms with Crippen LogP contribution in [0.5, 0.6) is 0 Å². The van der Waals surface area contributed by atoms with Crippen LogP contribution in [0, 0.1) is 11.8 Å². The molecule has 6 nitrogen and oxygen atoms in total. The molecule has 0 aromatic heterocycles. The highest BCUT2D eigenvalue weighted by atomic mass is 16.7. The third kappa shape index (κ3) is 5.30. The molecule has 3 fully saturated rings. The second-order valence-electron chi connectivity index (χ2n) is 8.87. The van der Waals surface area contributed by atoms with E-state index in [1.807, 2.05) is 0 Å². The van der Waals surface area contributed by atoms with Gasteiger partial charge in [0.15, 0.2) is 6.29 Å². The van der Waals surface area contributed by atoms with Crippen LogP contribution >= 0.6 is 0 Å². The van der Waals surface area contributed by atoms with Crippen molar-refractivity contribution < 1.29 is 23.8 Å². The number of carbonyl (C=O) groups is 2. The van der Waals surface area contributed by atoms with E-state index in [1.54, 1.807) is 0 Å². The molecule has 3 aliphatic rings. The molecule has 2 aliphatic heterocycles. The zero-order chi connectivity index (χ0) is 19.4. The van der Waals surface area contributed by atoms with Gasteiger partial charge in [0.1, 0.15) is 5.78 Å². The lowest BCUT2D eigenvalue weighted by molar-refractivity contribution is -0.235. The van der Waals surface area contributed by atoms with Crippen molar-refractivity contribution in [1.82, 2.24) is 5.32 Å². The van der Waals surface area contributed by atoms with Gasteiger partial charge in [0, 0.05) is 31.8 Å². The Kier molecular flexibility index (Phi) is 6.93. The van der Waals surface area contributed by atoms with E-state index in [4.69, 9.17) is 14.2 Å². The van der Waals surface area contributed by atoms with Crippen LogP contribution in [0.3, 0.4) is 0 Å². The van der Waals surface area contributed by atoms with Crippen molar-refractivity contribution in [3.63, 3.8) is 0 Å². The maximum Gasteiger partial charge on any atom is 0.311 e. The number of esters is 1. The lowest BCUT2D eigenvalue weighted by atomic mass is 9.77. The summed E-state index contributed by atoms with van der Waals surface area (Å²) in [6.07, 6.45) is 5.69. The summed E-state index contributed by atoms with van der Waals surface area (Å²) in [6.45, 7) is 7.48. The number of carbonyl (C=O) groups excluding carboxylic acids is 2. The van der Waals surface area contributed by atoms with E-state index in [2.05, 4.69) is 26.1 Å². The molecule has 0 spiro atoms. The first-order valence-electron chi connectivity index (χ1n) is 10.6. The van der Waals surface area contributed by atoms with Gasteiger partial charge in [-0.1, -0.05) is 12.8 Å². The summed E-state index contributed by atoms with van der Waals surface area (Å²) in [7, 11) is 0. The van der Waals surface area contributed by atoms with Gasteiger partial charge in [0.05, 0.1) is 24.2 Å². The zero-order valence-corrected chi connectivity index (χ0v) is 17.0. The van der Waals surface area contributed by atoms with Crippen molar-refractivity contribution in [2.75, 3.05) is 13.2 Å². The van der Waals surface area contributed by atoms with Gasteiger partial charge in [0.25, 0.3) is 0 Å². The fraction of sp³-hybridized carbons (Fsp3) is 0.905. The van der Waals surface area contributed by atoms with Crippen LogP contribution in [0.4, 0.5) is 0 Å². The van der Waals surface area contributed by atoms with Crippen molar-refractivity contribution in [3.05, 3.63) is 0 Å². The molecule has 4 unspecified atom stereocenters. The molecule has 0 aromatic rings. The van der Waals surface area contributed by atoms with Crippen LogP contribution in [-0.4, -0.2) is 48.9 Å². The number of nitrogens with one attached hydrogen (secondary N) is 1. The Bertz CT molecular complexity index is 535. The molecule has 1 saturated carbocycles. The normalized spacial score (nSPS) is 38.4. The fourth-order valence-electron chi connectivity index (χ4n) is 4.49. The van der Waals surface area contributed by atoms with Crippen molar-refractivity contribution in [1.29, 1.82) is 0 Å². The Balaban J connectivity index is 1.76. The molecule has 6 heteroatoms. The lowest BCUT2D eigenvalue weighted by Crippen LogP contribution is -2.47. The summed E-state index contributed by atoms with van der Waals surface area (Å²) in [5.41, 5.74) is -0.348. The molecule has 1 aliphatic carbocycles. The molecule has 0 aromatic carbocycles. The topological polar surface area (TPSA) is 73.9 Å². The van der Waals surface area contributed by atoms with Crippen molar-refractivity contribution in [3.8, 4) is 0 Å². The molecule has 0 radical (unpaired) electrons. The number of rotatable bonds is 2. The largest absolute Gasteiger partial charge is 0.465 e. The van der Waals surface area contributed by atoms with E-state index in [1.165, 1.54) is 0 Å². The number of fused-ring (bicyclic) bond motifs is 1. The molecule has 5 atom stereocenters. The molecular weight excluding hydrogens is 346 g/mol. The number of hydrogen-bond acceptors (Lipinski definition) is 6. The first-order chi connectivity index (χ1) is 12.9. The quantitative estimate of drug-likeness (QED) is 0.742. The van der Waals surface area contributed by atoms with Gasteiger partial charge in [-0.05, 0) is 46.0 Å². The van der Waals surface area contributed by atoms with E-state index in [0.29, 0.717) is 19.4 Å². The predicted octanol–water partition coefficient (Wildman–Crippen LogP) is 2.98. The standard InChI is InChI=1S/C21H35NO5/c1-14-21(2,3)27-18(9-11-22-14)26-17-8-6-4-5-7-16(23)13-15-10-12-25-20(24)19(15)17/h14-15,17-19,22H,4-13H2,1-3H3/t14?,15?,17?,18-,19?/m1/s1. The molecule has 2 saturated heterocycles. The Labute approximate surface area is 162 Å². The molecule has 3 rings (SSSR count). The van der Waals surface area contributed by atoms with Crippen LogP contribution in [0.1, 0.15) is 72.1 Å². The first kappa shape index (κ1) is 20.7. The van der Waals surface area contributed by atoms with Gasteiger partial charge in [-0.15, -0.1) is 0 Å². The third-order valence-electron chi connectivity index (χ3n) is 6.48. The highest BCUT2D eigenvalue weighted by Crippen LogP contribution is 2.35. The smallest absolute Gasteiger partial charge is 0.311 e. The van der Waals surface area contributed by atoms with Gasteiger partial charge in [-0.2, -0.15) is 0 Å². The van der Waals surface area contributed by atoms with Crippen LogP contribution < -0.4 is 5.32 Å². The summed E-state index contributed by atoms with van der Waals surface area (Å²) in [5, 5.41) is 3.47. The van der Waals surface area contributed by atoms with Gasteiger partial charge < -0.3 is 19.5 Å². The summed E-state index contributed by atoms with van der Waals surface area (Å²) in [5.74, 6) is -0.270. The predicted molar refractivity (Wildman–Crippen MR) is 101 cm³/mol. The SMILES string of the molecule is CC1NCC[C@H](OC2CCCCCC(=O)CC3CCOC(=O)C32)OC1(C)C. The van der Waals surface area contributed by atoms with Crippen molar-refractivity contribution in [2.24, 2.45) is 11.8 Å². The average Bonchev–Trinajstić information content (AvgIpc) is 2.72. The van der Waals surface area contributed by atoms with Gasteiger partial charge in [0.2, 0.25) is 0 Å². The van der Waals surface area contributed by atoms with Gasteiger partial charge in [-0.25, -0.2) is 0 Å². The van der Waals surface area contributed by atoms with Crippen molar-refractivity contribution in [2.45, 2.75) is 96.2 Å². The highest BCUT2D eigenvalue weighted by Gasteiger charge is 2.43. The van der Waals surface area contributed by atoms with Crippen LogP contribution in [0.15, 0.2) is 0 Å². The Hall–Kier alpha value is -0.980. The fourth-order valence-corrected chi connectivity index (χ4v) is 4.49. The number of Topliss-reactive ketones (excluding diaryl/α,β-unsaturated/α-hetero) is 1. The van der Waals surface area contributed by atoms with Crippen LogP contribution in [-0.2, 0) is 23.8 Å². The highest BCUT2D eigenvalue weighted by molar-refractivity contribution is 5.80. The second kappa shape index (κ2) is 9.01. The van der Waals surface area contributed by atoms with E-state index < -0.39 is 0 Å². The minimum Gasteiger partial charge on any atom is -0.465 e. The summed E-state index contributed by atoms with van der Waals surface area (Å²) in [4.78, 5) is 24.9.